The number of likely N-dealkylation sites (N-methyl/N-ethyl adjacent to an activating group) is 1. The second-order valence-corrected chi connectivity index (χ2v) is 7.34. The minimum atomic E-state index is -1.13. The Morgan fingerprint density at radius 3 is 2.40 bits per heavy atom. The molecule has 2 rings (SSSR count). The number of nitrogens with zero attached hydrogens (tertiary/aromatic N) is 1. The van der Waals surface area contributed by atoms with E-state index in [1.807, 2.05) is 30.3 Å². The van der Waals surface area contributed by atoms with Gasteiger partial charge in [-0.2, -0.15) is 0 Å². The normalized spacial score (nSPS) is 15.7. The summed E-state index contributed by atoms with van der Waals surface area (Å²) >= 11 is 0. The maximum atomic E-state index is 12.4. The summed E-state index contributed by atoms with van der Waals surface area (Å²) < 4.78 is 10.0. The highest BCUT2D eigenvalue weighted by Crippen LogP contribution is 2.28. The van der Waals surface area contributed by atoms with Crippen molar-refractivity contribution < 1.29 is 28.7 Å². The molecule has 3 N–H and O–H groups in total. The molecule has 1 aromatic rings. The summed E-state index contributed by atoms with van der Waals surface area (Å²) in [6.45, 7) is 3.05. The number of hydrogen-bond acceptors (Lipinski definition) is 7. The highest BCUT2D eigenvalue weighted by Gasteiger charge is 2.39. The quantitative estimate of drug-likeness (QED) is 0.482. The van der Waals surface area contributed by atoms with Gasteiger partial charge in [0.15, 0.2) is 0 Å². The van der Waals surface area contributed by atoms with Crippen LogP contribution in [0.1, 0.15) is 45.1 Å². The predicted molar refractivity (Wildman–Crippen MR) is 108 cm³/mol. The van der Waals surface area contributed by atoms with E-state index in [-0.39, 0.29) is 13.2 Å². The molecule has 0 aromatic heterocycles. The van der Waals surface area contributed by atoms with Crippen molar-refractivity contribution in [3.05, 3.63) is 35.9 Å². The molecule has 0 unspecified atom stereocenters. The Morgan fingerprint density at radius 1 is 1.17 bits per heavy atom. The van der Waals surface area contributed by atoms with Crippen molar-refractivity contribution >= 4 is 23.9 Å². The van der Waals surface area contributed by atoms with Gasteiger partial charge in [-0.1, -0.05) is 43.2 Å². The summed E-state index contributed by atoms with van der Waals surface area (Å²) in [4.78, 5) is 49.9. The fourth-order valence-electron chi connectivity index (χ4n) is 3.26. The van der Waals surface area contributed by atoms with Crippen molar-refractivity contribution in [3.8, 4) is 0 Å². The Kier molecular flexibility index (Phi) is 8.35. The number of nitrogens with two attached hydrogens (primary N) is 1. The minimum Gasteiger partial charge on any atom is -0.445 e. The fraction of sp³-hybridized carbons (Fsp3) is 0.524. The van der Waals surface area contributed by atoms with E-state index in [0.717, 1.165) is 18.4 Å². The van der Waals surface area contributed by atoms with Crippen LogP contribution in [-0.2, 0) is 30.5 Å². The number of ether oxygens (including phenoxy) is 2. The molecule has 1 aromatic carbocycles. The van der Waals surface area contributed by atoms with Crippen LogP contribution >= 0.6 is 0 Å². The van der Waals surface area contributed by atoms with Gasteiger partial charge in [0.1, 0.15) is 24.7 Å². The molecular weight excluding hydrogens is 390 g/mol. The third kappa shape index (κ3) is 6.28. The molecule has 9 heteroatoms. The van der Waals surface area contributed by atoms with Gasteiger partial charge in [0.25, 0.3) is 0 Å². The van der Waals surface area contributed by atoms with Gasteiger partial charge in [-0.15, -0.1) is 0 Å². The molecule has 9 nitrogen and oxygen atoms in total. The Bertz CT molecular complexity index is 761. The SMILES string of the molecule is CCN(C(=O)OCc1ccccc1)[C@@H](C)C(=O)NCC(=O)OC(=O)C1(N)CCCC1. The molecule has 1 atom stereocenters. The first-order valence-corrected chi connectivity index (χ1v) is 10.1. The van der Waals surface area contributed by atoms with Crippen molar-refractivity contribution in [1.82, 2.24) is 10.2 Å². The first kappa shape index (κ1) is 23.3. The van der Waals surface area contributed by atoms with Gasteiger partial charge in [-0.25, -0.2) is 14.4 Å². The zero-order valence-corrected chi connectivity index (χ0v) is 17.4. The van der Waals surface area contributed by atoms with Crippen LogP contribution in [0.5, 0.6) is 0 Å². The molecular formula is C21H29N3O6. The second-order valence-electron chi connectivity index (χ2n) is 7.34. The van der Waals surface area contributed by atoms with Gasteiger partial charge in [0.05, 0.1) is 0 Å². The van der Waals surface area contributed by atoms with Crippen LogP contribution in [0.2, 0.25) is 0 Å². The first-order valence-electron chi connectivity index (χ1n) is 10.1. The molecule has 0 spiro atoms. The number of nitrogens with one attached hydrogen (secondary N) is 1. The van der Waals surface area contributed by atoms with E-state index in [9.17, 15) is 19.2 Å². The van der Waals surface area contributed by atoms with Gasteiger partial charge < -0.3 is 20.5 Å². The average molecular weight is 419 g/mol. The third-order valence-electron chi connectivity index (χ3n) is 5.14. The first-order chi connectivity index (χ1) is 14.3. The Hall–Kier alpha value is -2.94. The minimum absolute atomic E-state index is 0.0831. The number of esters is 2. The van der Waals surface area contributed by atoms with Crippen molar-refractivity contribution in [2.24, 2.45) is 5.73 Å². The Labute approximate surface area is 175 Å². The van der Waals surface area contributed by atoms with Crippen LogP contribution in [0.25, 0.3) is 0 Å². The molecule has 164 valence electrons. The van der Waals surface area contributed by atoms with Crippen LogP contribution in [0.15, 0.2) is 30.3 Å². The lowest BCUT2D eigenvalue weighted by Crippen LogP contribution is -2.50. The molecule has 1 saturated carbocycles. The summed E-state index contributed by atoms with van der Waals surface area (Å²) in [5.74, 6) is -2.24. The zero-order chi connectivity index (χ0) is 22.1. The Morgan fingerprint density at radius 2 is 1.80 bits per heavy atom. The molecule has 0 saturated heterocycles. The lowest BCUT2D eigenvalue weighted by atomic mass is 10.00. The molecule has 1 fully saturated rings. The van der Waals surface area contributed by atoms with Gasteiger partial charge in [0.2, 0.25) is 5.91 Å². The maximum Gasteiger partial charge on any atom is 0.410 e. The molecule has 30 heavy (non-hydrogen) atoms. The van der Waals surface area contributed by atoms with E-state index in [4.69, 9.17) is 15.2 Å². The lowest BCUT2D eigenvalue weighted by Gasteiger charge is -2.26. The van der Waals surface area contributed by atoms with Crippen molar-refractivity contribution in [2.75, 3.05) is 13.1 Å². The van der Waals surface area contributed by atoms with E-state index >= 15 is 0 Å². The summed E-state index contributed by atoms with van der Waals surface area (Å²) in [5, 5.41) is 2.38. The average Bonchev–Trinajstić information content (AvgIpc) is 3.19. The second kappa shape index (κ2) is 10.7. The zero-order valence-electron chi connectivity index (χ0n) is 17.4. The fourth-order valence-corrected chi connectivity index (χ4v) is 3.26. The molecule has 1 aliphatic rings. The molecule has 0 heterocycles. The van der Waals surface area contributed by atoms with Crippen molar-refractivity contribution in [1.29, 1.82) is 0 Å². The van der Waals surface area contributed by atoms with Gasteiger partial charge in [-0.05, 0) is 32.3 Å². The standard InChI is InChI=1S/C21H29N3O6/c1-3-24(20(28)29-14-16-9-5-4-6-10-16)15(2)18(26)23-13-17(25)30-19(27)21(22)11-7-8-12-21/h4-6,9-10,15H,3,7-8,11-14,22H2,1-2H3,(H,23,26)/t15-/m0/s1. The molecule has 0 radical (unpaired) electrons. The van der Waals surface area contributed by atoms with Crippen LogP contribution in [-0.4, -0.2) is 53.5 Å². The van der Waals surface area contributed by atoms with Gasteiger partial charge >= 0.3 is 18.0 Å². The lowest BCUT2D eigenvalue weighted by molar-refractivity contribution is -0.163. The van der Waals surface area contributed by atoms with E-state index in [0.29, 0.717) is 12.8 Å². The number of amides is 2. The van der Waals surface area contributed by atoms with Crippen molar-refractivity contribution in [2.45, 2.75) is 57.7 Å². The maximum absolute atomic E-state index is 12.4. The number of benzene rings is 1. The summed E-state index contributed by atoms with van der Waals surface area (Å²) in [5.41, 5.74) is 5.64. The van der Waals surface area contributed by atoms with E-state index in [2.05, 4.69) is 5.32 Å². The third-order valence-corrected chi connectivity index (χ3v) is 5.14. The molecule has 0 bridgehead atoms. The van der Waals surface area contributed by atoms with Crippen LogP contribution in [0.3, 0.4) is 0 Å². The van der Waals surface area contributed by atoms with Crippen molar-refractivity contribution in [3.63, 3.8) is 0 Å². The monoisotopic (exact) mass is 419 g/mol. The molecule has 0 aliphatic heterocycles. The topological polar surface area (TPSA) is 128 Å². The number of hydrogen-bond donors (Lipinski definition) is 2. The molecule has 1 aliphatic carbocycles. The highest BCUT2D eigenvalue weighted by molar-refractivity contribution is 5.94. The smallest absolute Gasteiger partial charge is 0.410 e. The van der Waals surface area contributed by atoms with Crippen LogP contribution in [0, 0.1) is 0 Å². The van der Waals surface area contributed by atoms with Gasteiger partial charge in [-0.3, -0.25) is 9.69 Å². The van der Waals surface area contributed by atoms with E-state index in [1.165, 1.54) is 11.8 Å². The summed E-state index contributed by atoms with van der Waals surface area (Å²) in [6.07, 6.45) is 1.91. The number of rotatable bonds is 8. The Balaban J connectivity index is 1.80. The van der Waals surface area contributed by atoms with Crippen LogP contribution < -0.4 is 11.1 Å². The summed E-state index contributed by atoms with van der Waals surface area (Å²) in [6, 6.07) is 8.29. The largest absolute Gasteiger partial charge is 0.445 e. The summed E-state index contributed by atoms with van der Waals surface area (Å²) in [7, 11) is 0. The van der Waals surface area contributed by atoms with E-state index in [1.54, 1.807) is 6.92 Å². The van der Waals surface area contributed by atoms with E-state index < -0.39 is 42.1 Å². The molecule has 2 amide bonds. The number of carbonyl (C=O) groups excluding carboxylic acids is 4. The highest BCUT2D eigenvalue weighted by atomic mass is 16.6. The predicted octanol–water partition coefficient (Wildman–Crippen LogP) is 1.49. The number of carbonyl (C=O) groups is 4. The van der Waals surface area contributed by atoms with Gasteiger partial charge in [0, 0.05) is 6.54 Å². The van der Waals surface area contributed by atoms with Crippen LogP contribution in [0.4, 0.5) is 4.79 Å².